The summed E-state index contributed by atoms with van der Waals surface area (Å²) < 4.78 is 0. The van der Waals surface area contributed by atoms with Gasteiger partial charge in [0.05, 0.1) is 0 Å². The first-order chi connectivity index (χ1) is 27.6. The van der Waals surface area contributed by atoms with Gasteiger partial charge < -0.3 is 0 Å². The van der Waals surface area contributed by atoms with E-state index in [1.54, 1.807) is 11.1 Å². The van der Waals surface area contributed by atoms with E-state index in [2.05, 4.69) is 159 Å². The van der Waals surface area contributed by atoms with Crippen LogP contribution in [0, 0.1) is 0 Å². The Kier molecular flexibility index (Phi) is 14.9. The van der Waals surface area contributed by atoms with E-state index in [4.69, 9.17) is 17.0 Å². The van der Waals surface area contributed by atoms with Crippen LogP contribution in [0.3, 0.4) is 0 Å². The summed E-state index contributed by atoms with van der Waals surface area (Å²) in [5.41, 5.74) is 8.50. The standard InChI is InChI=1S/2C25H23.C2H6Si.2ClH.Zr/c2*1-2-7-18(8-3-1)23-16-21-11-6-12-24(25(21)17-23)22-14-13-19-9-4-5-10-20(19)15-22;1-3-2;;;/h2*4-6,9-18H,1-3,7-8H2;1-2H3;2*1H;/q2*-1;;;;+4/p-2. The van der Waals surface area contributed by atoms with Gasteiger partial charge in [-0.1, -0.05) is 148 Å². The Morgan fingerprint density at radius 1 is 0.464 bits per heavy atom. The molecule has 0 nitrogen and oxygen atoms in total. The van der Waals surface area contributed by atoms with Crippen LogP contribution in [0.25, 0.3) is 65.3 Å². The Morgan fingerprint density at radius 3 is 1.23 bits per heavy atom. The van der Waals surface area contributed by atoms with Crippen LogP contribution in [0.2, 0.25) is 13.1 Å². The maximum Gasteiger partial charge on any atom is -0.0178 e. The van der Waals surface area contributed by atoms with Gasteiger partial charge in [0.1, 0.15) is 0 Å². The number of fused-ring (bicyclic) bond motifs is 4. The molecular formula is C52H52Cl2SiZr. The zero-order valence-corrected chi connectivity index (χ0v) is 37.8. The van der Waals surface area contributed by atoms with Gasteiger partial charge >= 0.3 is 37.9 Å². The van der Waals surface area contributed by atoms with E-state index in [1.807, 2.05) is 0 Å². The normalized spacial score (nSPS) is 14.6. The van der Waals surface area contributed by atoms with Crippen molar-refractivity contribution in [2.75, 3.05) is 0 Å². The molecule has 4 heteroatoms. The smallest absolute Gasteiger partial charge is 0.0178 e. The molecule has 8 aromatic carbocycles. The molecule has 2 fully saturated rings. The van der Waals surface area contributed by atoms with Gasteiger partial charge in [-0.15, -0.1) is 69.1 Å². The number of rotatable bonds is 4. The van der Waals surface area contributed by atoms with Crippen molar-refractivity contribution in [1.82, 2.24) is 0 Å². The zero-order chi connectivity index (χ0) is 38.7. The van der Waals surface area contributed by atoms with E-state index >= 15 is 0 Å². The Morgan fingerprint density at radius 2 is 0.839 bits per heavy atom. The van der Waals surface area contributed by atoms with E-state index in [-0.39, 0.29) is 0 Å². The van der Waals surface area contributed by atoms with Crippen LogP contribution in [0.1, 0.15) is 87.2 Å². The summed E-state index contributed by atoms with van der Waals surface area (Å²) in [6.45, 7) is 4.31. The molecule has 0 N–H and O–H groups in total. The first-order valence-corrected chi connectivity index (χ1v) is 28.8. The Bertz CT molecular complexity index is 2290. The molecule has 0 saturated heterocycles. The molecule has 282 valence electrons. The van der Waals surface area contributed by atoms with E-state index in [0.717, 1.165) is 21.4 Å². The second kappa shape index (κ2) is 20.4. The fourth-order valence-corrected chi connectivity index (χ4v) is 9.08. The fraction of sp³-hybridized carbons (Fsp3) is 0.269. The van der Waals surface area contributed by atoms with Crippen molar-refractivity contribution in [3.8, 4) is 22.3 Å². The molecule has 2 radical (unpaired) electrons. The SMILES string of the molecule is C[Si]C.[Cl][Zr+2][Cl].c1ccc2cc(-c3cccc4[cH-]c(C5CCCCC5)cc34)ccc2c1.c1ccc2cc(-c3cccc4[cH-]c(C5CCCCC5)cc34)ccc2c1. The summed E-state index contributed by atoms with van der Waals surface area (Å²) in [5, 5.41) is 10.9. The summed E-state index contributed by atoms with van der Waals surface area (Å²) in [6, 6.07) is 54.2. The summed E-state index contributed by atoms with van der Waals surface area (Å²) in [7, 11) is 11.0. The molecule has 2 aliphatic carbocycles. The number of hydrogen-bond donors (Lipinski definition) is 0. The molecule has 10 rings (SSSR count). The molecule has 0 heterocycles. The van der Waals surface area contributed by atoms with Crippen molar-refractivity contribution < 1.29 is 20.8 Å². The predicted molar refractivity (Wildman–Crippen MR) is 246 cm³/mol. The van der Waals surface area contributed by atoms with Crippen LogP contribution < -0.4 is 0 Å². The maximum atomic E-state index is 4.93. The third-order valence-corrected chi connectivity index (χ3v) is 11.8. The monoisotopic (exact) mass is 864 g/mol. The third kappa shape index (κ3) is 9.88. The molecule has 2 aliphatic rings. The number of halogens is 2. The van der Waals surface area contributed by atoms with Crippen LogP contribution in [0.4, 0.5) is 0 Å². The molecule has 0 aliphatic heterocycles. The van der Waals surface area contributed by atoms with Crippen molar-refractivity contribution in [1.29, 1.82) is 0 Å². The second-order valence-electron chi connectivity index (χ2n) is 15.6. The van der Waals surface area contributed by atoms with Gasteiger partial charge in [-0.2, -0.15) is 12.1 Å². The summed E-state index contributed by atoms with van der Waals surface area (Å²) in [4.78, 5) is 0. The Hall–Kier alpha value is -3.26. The second-order valence-corrected chi connectivity index (χ2v) is 20.3. The summed E-state index contributed by atoms with van der Waals surface area (Å²) in [6.07, 6.45) is 13.9. The minimum Gasteiger partial charge on any atom is -0.164 e. The average Bonchev–Trinajstić information content (AvgIpc) is 3.90. The van der Waals surface area contributed by atoms with Crippen molar-refractivity contribution in [2.45, 2.75) is 89.1 Å². The van der Waals surface area contributed by atoms with Gasteiger partial charge in [0.15, 0.2) is 0 Å². The van der Waals surface area contributed by atoms with Crippen molar-refractivity contribution >= 4 is 69.6 Å². The molecule has 0 spiro atoms. The van der Waals surface area contributed by atoms with Crippen LogP contribution in [0.5, 0.6) is 0 Å². The molecule has 0 bridgehead atoms. The van der Waals surface area contributed by atoms with Crippen LogP contribution >= 0.6 is 17.0 Å². The van der Waals surface area contributed by atoms with Gasteiger partial charge in [-0.25, -0.2) is 0 Å². The van der Waals surface area contributed by atoms with Gasteiger partial charge in [0.2, 0.25) is 0 Å². The molecule has 8 aromatic rings. The molecule has 2 saturated carbocycles. The molecule has 0 unspecified atom stereocenters. The van der Waals surface area contributed by atoms with E-state index in [1.165, 1.54) is 130 Å². The third-order valence-electron chi connectivity index (χ3n) is 11.8. The molecule has 0 atom stereocenters. The molecular weight excluding hydrogens is 815 g/mol. The van der Waals surface area contributed by atoms with Gasteiger partial charge in [-0.05, 0) is 82.3 Å². The first-order valence-electron chi connectivity index (χ1n) is 20.5. The molecule has 0 aromatic heterocycles. The molecule has 0 amide bonds. The Labute approximate surface area is 355 Å². The van der Waals surface area contributed by atoms with Gasteiger partial charge in [-0.3, -0.25) is 0 Å². The summed E-state index contributed by atoms with van der Waals surface area (Å²) >= 11 is -0.826. The van der Waals surface area contributed by atoms with E-state index < -0.39 is 20.8 Å². The zero-order valence-electron chi connectivity index (χ0n) is 32.8. The predicted octanol–water partition coefficient (Wildman–Crippen LogP) is 17.0. The minimum atomic E-state index is -0.826. The van der Waals surface area contributed by atoms with Gasteiger partial charge in [0, 0.05) is 9.52 Å². The number of benzene rings is 6. The van der Waals surface area contributed by atoms with Crippen molar-refractivity contribution in [3.05, 3.63) is 157 Å². The van der Waals surface area contributed by atoms with Crippen LogP contribution in [-0.4, -0.2) is 9.52 Å². The fourth-order valence-electron chi connectivity index (χ4n) is 9.08. The largest absolute Gasteiger partial charge is 0.164 e. The quantitative estimate of drug-likeness (QED) is 0.122. The van der Waals surface area contributed by atoms with Crippen LogP contribution in [0.15, 0.2) is 146 Å². The average molecular weight is 867 g/mol. The minimum absolute atomic E-state index is 0.769. The Balaban J connectivity index is 0.000000151. The topological polar surface area (TPSA) is 0 Å². The number of hydrogen-bond acceptors (Lipinski definition) is 0. The van der Waals surface area contributed by atoms with E-state index in [0.29, 0.717) is 0 Å². The van der Waals surface area contributed by atoms with Gasteiger partial charge in [0.25, 0.3) is 0 Å². The van der Waals surface area contributed by atoms with E-state index in [9.17, 15) is 0 Å². The summed E-state index contributed by atoms with van der Waals surface area (Å²) in [5.74, 6) is 1.54. The van der Waals surface area contributed by atoms with Crippen molar-refractivity contribution in [3.63, 3.8) is 0 Å². The maximum absolute atomic E-state index is 4.93. The molecule has 56 heavy (non-hydrogen) atoms. The van der Waals surface area contributed by atoms with Crippen molar-refractivity contribution in [2.24, 2.45) is 0 Å². The first kappa shape index (κ1) is 40.9. The van der Waals surface area contributed by atoms with Crippen LogP contribution in [-0.2, 0) is 20.8 Å².